The number of phenols is 1. The maximum Gasteiger partial charge on any atom is 0.115 e. The Labute approximate surface area is 134 Å². The van der Waals surface area contributed by atoms with Crippen molar-refractivity contribution in [3.63, 3.8) is 0 Å². The Morgan fingerprint density at radius 1 is 1.00 bits per heavy atom. The van der Waals surface area contributed by atoms with Gasteiger partial charge in [0.15, 0.2) is 0 Å². The molecule has 23 heavy (non-hydrogen) atoms. The van der Waals surface area contributed by atoms with Crippen molar-refractivity contribution < 1.29 is 35.0 Å². The van der Waals surface area contributed by atoms with E-state index in [-0.39, 0.29) is 19.0 Å². The largest absolute Gasteiger partial charge is 0.508 e. The first-order valence-electron chi connectivity index (χ1n) is 7.36. The first-order valence-corrected chi connectivity index (χ1v) is 7.36. The predicted molar refractivity (Wildman–Crippen MR) is 81.7 cm³/mol. The van der Waals surface area contributed by atoms with Crippen LogP contribution in [0.3, 0.4) is 0 Å². The molecule has 5 N–H and O–H groups in total. The van der Waals surface area contributed by atoms with Gasteiger partial charge in [0, 0.05) is 0 Å². The van der Waals surface area contributed by atoms with Crippen molar-refractivity contribution in [3.8, 4) is 5.75 Å². The van der Waals surface area contributed by atoms with Gasteiger partial charge in [-0.05, 0) is 17.7 Å². The van der Waals surface area contributed by atoms with E-state index >= 15 is 0 Å². The lowest BCUT2D eigenvalue weighted by Crippen LogP contribution is -2.59. The zero-order valence-electron chi connectivity index (χ0n) is 12.5. The molecule has 1 saturated heterocycles. The molecule has 1 fully saturated rings. The van der Waals surface area contributed by atoms with Gasteiger partial charge in [-0.2, -0.15) is 0 Å². The zero-order chi connectivity index (χ0) is 16.8. The number of ether oxygens (including phenoxy) is 2. The highest BCUT2D eigenvalue weighted by Gasteiger charge is 2.43. The molecule has 7 heteroatoms. The number of hydrogen-bond donors (Lipinski definition) is 5. The van der Waals surface area contributed by atoms with Crippen LogP contribution in [0.25, 0.3) is 6.08 Å². The fraction of sp³-hybridized carbons (Fsp3) is 0.500. The van der Waals surface area contributed by atoms with Crippen LogP contribution in [0.15, 0.2) is 30.3 Å². The molecule has 0 unspecified atom stereocenters. The van der Waals surface area contributed by atoms with E-state index in [0.717, 1.165) is 5.56 Å². The molecule has 7 nitrogen and oxygen atoms in total. The van der Waals surface area contributed by atoms with Gasteiger partial charge >= 0.3 is 0 Å². The monoisotopic (exact) mass is 326 g/mol. The van der Waals surface area contributed by atoms with Crippen molar-refractivity contribution in [3.05, 3.63) is 35.9 Å². The summed E-state index contributed by atoms with van der Waals surface area (Å²) >= 11 is 0. The van der Waals surface area contributed by atoms with E-state index in [9.17, 15) is 20.4 Å². The van der Waals surface area contributed by atoms with Crippen LogP contribution in [0.4, 0.5) is 0 Å². The van der Waals surface area contributed by atoms with E-state index < -0.39 is 37.1 Å². The molecule has 0 aliphatic carbocycles. The van der Waals surface area contributed by atoms with Gasteiger partial charge in [0.05, 0.1) is 19.8 Å². The number of hydrogen-bond acceptors (Lipinski definition) is 7. The summed E-state index contributed by atoms with van der Waals surface area (Å²) in [6, 6.07) is 6.66. The number of aliphatic hydroxyl groups is 4. The molecule has 2 rings (SSSR count). The van der Waals surface area contributed by atoms with E-state index in [2.05, 4.69) is 0 Å². The summed E-state index contributed by atoms with van der Waals surface area (Å²) < 4.78 is 10.7. The third-order valence-electron chi connectivity index (χ3n) is 3.69. The fourth-order valence-corrected chi connectivity index (χ4v) is 2.34. The van der Waals surface area contributed by atoms with Crippen LogP contribution >= 0.6 is 0 Å². The van der Waals surface area contributed by atoms with Crippen molar-refractivity contribution >= 4 is 6.08 Å². The quantitative estimate of drug-likeness (QED) is 0.437. The lowest BCUT2D eigenvalue weighted by molar-refractivity contribution is -0.238. The summed E-state index contributed by atoms with van der Waals surface area (Å²) in [6.45, 7) is -0.181. The summed E-state index contributed by atoms with van der Waals surface area (Å²) in [4.78, 5) is 0. The normalized spacial score (nSPS) is 31.6. The van der Waals surface area contributed by atoms with Crippen LogP contribution < -0.4 is 0 Å². The maximum atomic E-state index is 9.84. The minimum atomic E-state index is -1.39. The molecule has 0 amide bonds. The summed E-state index contributed by atoms with van der Waals surface area (Å²) in [7, 11) is 0. The van der Waals surface area contributed by atoms with Crippen molar-refractivity contribution in [2.24, 2.45) is 0 Å². The Morgan fingerprint density at radius 3 is 2.30 bits per heavy atom. The van der Waals surface area contributed by atoms with E-state index in [4.69, 9.17) is 14.6 Å². The molecule has 0 radical (unpaired) electrons. The first-order chi connectivity index (χ1) is 11.0. The number of benzene rings is 1. The molecule has 1 heterocycles. The van der Waals surface area contributed by atoms with Crippen molar-refractivity contribution in [2.75, 3.05) is 19.8 Å². The van der Waals surface area contributed by atoms with Crippen LogP contribution in [0.5, 0.6) is 5.75 Å². The molecule has 1 aliphatic heterocycles. The summed E-state index contributed by atoms with van der Waals surface area (Å²) in [5, 5.41) is 47.4. The van der Waals surface area contributed by atoms with Crippen LogP contribution in [-0.4, -0.2) is 75.9 Å². The summed E-state index contributed by atoms with van der Waals surface area (Å²) in [5.74, 6) is 0.195. The minimum Gasteiger partial charge on any atom is -0.508 e. The van der Waals surface area contributed by atoms with Gasteiger partial charge in [0.2, 0.25) is 0 Å². The first kappa shape index (κ1) is 17.9. The Morgan fingerprint density at radius 2 is 1.65 bits per heavy atom. The molecule has 0 spiro atoms. The molecule has 128 valence electrons. The molecule has 0 bridgehead atoms. The molecule has 0 aromatic heterocycles. The highest BCUT2D eigenvalue weighted by atomic mass is 16.6. The Balaban J connectivity index is 1.77. The zero-order valence-corrected chi connectivity index (χ0v) is 12.5. The van der Waals surface area contributed by atoms with Gasteiger partial charge in [-0.25, -0.2) is 0 Å². The molecular weight excluding hydrogens is 304 g/mol. The fourth-order valence-electron chi connectivity index (χ4n) is 2.34. The highest BCUT2D eigenvalue weighted by Crippen LogP contribution is 2.21. The van der Waals surface area contributed by atoms with E-state index in [1.807, 2.05) is 6.08 Å². The van der Waals surface area contributed by atoms with E-state index in [1.54, 1.807) is 30.3 Å². The summed E-state index contributed by atoms with van der Waals surface area (Å²) in [6.07, 6.45) is -2.21. The number of aromatic hydroxyl groups is 1. The lowest BCUT2D eigenvalue weighted by Gasteiger charge is -2.39. The molecule has 5 atom stereocenters. The second kappa shape index (κ2) is 8.39. The number of rotatable bonds is 6. The molecule has 1 aromatic rings. The smallest absolute Gasteiger partial charge is 0.115 e. The highest BCUT2D eigenvalue weighted by molar-refractivity contribution is 5.50. The SMILES string of the molecule is OC[C@@H]1O[C@H](COC/C=C\c2ccc(O)cc2)[C@@H](O)[C@H](O)[C@H]1O. The van der Waals surface area contributed by atoms with Crippen LogP contribution in [0.2, 0.25) is 0 Å². The second-order valence-corrected chi connectivity index (χ2v) is 5.40. The van der Waals surface area contributed by atoms with Gasteiger partial charge in [-0.15, -0.1) is 0 Å². The average Bonchev–Trinajstić information content (AvgIpc) is 2.56. The van der Waals surface area contributed by atoms with E-state index in [0.29, 0.717) is 0 Å². The van der Waals surface area contributed by atoms with Crippen molar-refractivity contribution in [1.82, 2.24) is 0 Å². The molecular formula is C16H22O7. The lowest BCUT2D eigenvalue weighted by atomic mass is 9.95. The van der Waals surface area contributed by atoms with Crippen molar-refractivity contribution in [1.29, 1.82) is 0 Å². The molecule has 1 aromatic carbocycles. The maximum absolute atomic E-state index is 9.84. The minimum absolute atomic E-state index is 0.0152. The van der Waals surface area contributed by atoms with Gasteiger partial charge in [-0.3, -0.25) is 0 Å². The van der Waals surface area contributed by atoms with Gasteiger partial charge in [-0.1, -0.05) is 24.3 Å². The van der Waals surface area contributed by atoms with Gasteiger partial charge < -0.3 is 35.0 Å². The Bertz CT molecular complexity index is 500. The topological polar surface area (TPSA) is 120 Å². The van der Waals surface area contributed by atoms with Crippen LogP contribution in [0, 0.1) is 0 Å². The predicted octanol–water partition coefficient (Wildman–Crippen LogP) is -0.736. The standard InChI is InChI=1S/C16H22O7/c17-8-12-14(19)16(21)15(20)13(23-12)9-22-7-1-2-10-3-5-11(18)6-4-10/h1-6,12-21H,7-9H2/b2-1-/t12-,13+,14-,15+,16+/m0/s1. The van der Waals surface area contributed by atoms with E-state index in [1.165, 1.54) is 0 Å². The number of aliphatic hydroxyl groups excluding tert-OH is 4. The third-order valence-corrected chi connectivity index (χ3v) is 3.69. The average molecular weight is 326 g/mol. The molecule has 1 aliphatic rings. The van der Waals surface area contributed by atoms with Crippen LogP contribution in [-0.2, 0) is 9.47 Å². The summed E-state index contributed by atoms with van der Waals surface area (Å²) in [5.41, 5.74) is 0.902. The van der Waals surface area contributed by atoms with Crippen molar-refractivity contribution in [2.45, 2.75) is 30.5 Å². The number of phenolic OH excluding ortho intramolecular Hbond substituents is 1. The Kier molecular flexibility index (Phi) is 6.52. The van der Waals surface area contributed by atoms with Gasteiger partial charge in [0.25, 0.3) is 0 Å². The molecule has 0 saturated carbocycles. The Hall–Kier alpha value is -1.48. The van der Waals surface area contributed by atoms with Gasteiger partial charge in [0.1, 0.15) is 36.3 Å². The third kappa shape index (κ3) is 4.74. The van der Waals surface area contributed by atoms with Crippen LogP contribution in [0.1, 0.15) is 5.56 Å². The second-order valence-electron chi connectivity index (χ2n) is 5.40.